The van der Waals surface area contributed by atoms with E-state index >= 15 is 0 Å². The molecule has 0 fully saturated rings. The fourth-order valence-electron chi connectivity index (χ4n) is 0.933. The Hall–Kier alpha value is -1.31. The van der Waals surface area contributed by atoms with Crippen molar-refractivity contribution in [1.29, 1.82) is 0 Å². The average Bonchev–Trinajstić information content (AvgIpc) is 2.05. The number of rotatable bonds is 0. The summed E-state index contributed by atoms with van der Waals surface area (Å²) >= 11 is 0. The van der Waals surface area contributed by atoms with Crippen LogP contribution in [0.4, 0.5) is 5.69 Å². The molecule has 1 aromatic carbocycles. The summed E-state index contributed by atoms with van der Waals surface area (Å²) in [6, 6.07) is 7.88. The molecule has 1 aromatic rings. The van der Waals surface area contributed by atoms with Crippen molar-refractivity contribution in [3.63, 3.8) is 0 Å². The molecule has 0 aliphatic carbocycles. The van der Waals surface area contributed by atoms with Crippen LogP contribution in [0.5, 0.6) is 0 Å². The summed E-state index contributed by atoms with van der Waals surface area (Å²) in [7, 11) is 0. The maximum absolute atomic E-state index is 4.88. The Bertz CT molecular complexity index is 268. The minimum Gasteiger partial charge on any atom is -0.469 e. The fraction of sp³-hybridized carbons (Fsp3) is 0.125. The number of fused-ring (bicyclic) bond motifs is 1. The van der Waals surface area contributed by atoms with Gasteiger partial charge in [0.15, 0.2) is 0 Å². The maximum atomic E-state index is 4.88. The van der Waals surface area contributed by atoms with Crippen LogP contribution in [0.3, 0.4) is 0 Å². The molecule has 0 N–H and O–H groups in total. The van der Waals surface area contributed by atoms with Crippen molar-refractivity contribution in [2.24, 2.45) is 4.99 Å². The second-order valence-corrected chi connectivity index (χ2v) is 2.12. The molecule has 0 spiro atoms. The normalized spacial score (nSPS) is 14.0. The van der Waals surface area contributed by atoms with Gasteiger partial charge in [0, 0.05) is 5.56 Å². The summed E-state index contributed by atoms with van der Waals surface area (Å²) in [5.74, 6) is 0. The van der Waals surface area contributed by atoms with E-state index in [0.717, 1.165) is 11.3 Å². The Morgan fingerprint density at radius 1 is 1.40 bits per heavy atom. The van der Waals surface area contributed by atoms with Crippen LogP contribution in [0.1, 0.15) is 5.56 Å². The Morgan fingerprint density at radius 2 is 2.30 bits per heavy atom. The quantitative estimate of drug-likeness (QED) is 0.527. The third kappa shape index (κ3) is 0.778. The van der Waals surface area contributed by atoms with Gasteiger partial charge in [0.2, 0.25) is 0 Å². The monoisotopic (exact) mass is 132 g/mol. The Balaban J connectivity index is 2.54. The van der Waals surface area contributed by atoms with Crippen LogP contribution in [0.25, 0.3) is 0 Å². The second kappa shape index (κ2) is 2.14. The van der Waals surface area contributed by atoms with Gasteiger partial charge in [-0.1, -0.05) is 18.2 Å². The van der Waals surface area contributed by atoms with Crippen molar-refractivity contribution in [2.45, 2.75) is 6.61 Å². The van der Waals surface area contributed by atoms with Crippen molar-refractivity contribution in [3.05, 3.63) is 29.8 Å². The number of aliphatic imine (C=N–C) groups is 1. The lowest BCUT2D eigenvalue weighted by Crippen LogP contribution is -1.95. The van der Waals surface area contributed by atoms with Crippen LogP contribution in [0.2, 0.25) is 0 Å². The minimum absolute atomic E-state index is 0.597. The second-order valence-electron chi connectivity index (χ2n) is 2.12. The topological polar surface area (TPSA) is 21.6 Å². The molecule has 0 saturated carbocycles. The van der Waals surface area contributed by atoms with Crippen molar-refractivity contribution in [2.75, 3.05) is 0 Å². The van der Waals surface area contributed by atoms with E-state index in [9.17, 15) is 0 Å². The third-order valence-corrected chi connectivity index (χ3v) is 1.45. The van der Waals surface area contributed by atoms with E-state index in [0.29, 0.717) is 6.61 Å². The molecule has 0 bridgehead atoms. The molecular weight excluding hydrogens is 126 g/mol. The van der Waals surface area contributed by atoms with Gasteiger partial charge in [-0.15, -0.1) is 0 Å². The number of nitrogens with zero attached hydrogens (tertiary/aromatic N) is 1. The van der Waals surface area contributed by atoms with E-state index in [1.54, 1.807) is 0 Å². The van der Waals surface area contributed by atoms with Crippen molar-refractivity contribution in [1.82, 2.24) is 0 Å². The number of benzene rings is 1. The SMILES string of the molecule is [C]1=Nc2ccccc2CO1. The van der Waals surface area contributed by atoms with Gasteiger partial charge >= 0.3 is 0 Å². The molecule has 10 heavy (non-hydrogen) atoms. The molecule has 0 amide bonds. The molecular formula is C8H6NO. The Labute approximate surface area is 59.2 Å². The fourth-order valence-corrected chi connectivity index (χ4v) is 0.933. The number of hydrogen-bond donors (Lipinski definition) is 0. The zero-order valence-electron chi connectivity index (χ0n) is 5.37. The van der Waals surface area contributed by atoms with Crippen LogP contribution in [-0.4, -0.2) is 6.40 Å². The predicted molar refractivity (Wildman–Crippen MR) is 38.3 cm³/mol. The van der Waals surface area contributed by atoms with Crippen LogP contribution in [-0.2, 0) is 11.3 Å². The minimum atomic E-state index is 0.597. The van der Waals surface area contributed by atoms with Crippen LogP contribution < -0.4 is 0 Å². The van der Waals surface area contributed by atoms with Gasteiger partial charge in [-0.3, -0.25) is 0 Å². The molecule has 2 nitrogen and oxygen atoms in total. The molecule has 1 aliphatic rings. The van der Waals surface area contributed by atoms with Gasteiger partial charge in [-0.05, 0) is 6.07 Å². The van der Waals surface area contributed by atoms with Crippen LogP contribution in [0.15, 0.2) is 29.3 Å². The molecule has 1 radical (unpaired) electrons. The van der Waals surface area contributed by atoms with Gasteiger partial charge in [0.1, 0.15) is 6.61 Å². The van der Waals surface area contributed by atoms with E-state index in [1.165, 1.54) is 0 Å². The number of para-hydroxylation sites is 1. The highest BCUT2D eigenvalue weighted by molar-refractivity contribution is 5.61. The zero-order valence-corrected chi connectivity index (χ0v) is 5.37. The first-order valence-electron chi connectivity index (χ1n) is 3.12. The van der Waals surface area contributed by atoms with Gasteiger partial charge < -0.3 is 4.74 Å². The van der Waals surface area contributed by atoms with Crippen molar-refractivity contribution in [3.8, 4) is 0 Å². The lowest BCUT2D eigenvalue weighted by atomic mass is 10.2. The zero-order chi connectivity index (χ0) is 6.81. The highest BCUT2D eigenvalue weighted by Crippen LogP contribution is 2.21. The lowest BCUT2D eigenvalue weighted by molar-refractivity contribution is 0.303. The van der Waals surface area contributed by atoms with E-state index in [-0.39, 0.29) is 0 Å². The van der Waals surface area contributed by atoms with E-state index in [2.05, 4.69) is 11.4 Å². The molecule has 0 unspecified atom stereocenters. The largest absolute Gasteiger partial charge is 0.469 e. The van der Waals surface area contributed by atoms with Crippen LogP contribution in [0, 0.1) is 0 Å². The molecule has 1 aliphatic heterocycles. The first kappa shape index (κ1) is 5.47. The van der Waals surface area contributed by atoms with Crippen LogP contribution >= 0.6 is 0 Å². The molecule has 49 valence electrons. The van der Waals surface area contributed by atoms with E-state index in [4.69, 9.17) is 4.74 Å². The summed E-state index contributed by atoms with van der Waals surface area (Å²) < 4.78 is 4.88. The van der Waals surface area contributed by atoms with E-state index in [1.807, 2.05) is 24.3 Å². The Morgan fingerprint density at radius 3 is 3.20 bits per heavy atom. The van der Waals surface area contributed by atoms with Crippen molar-refractivity contribution < 1.29 is 4.74 Å². The average molecular weight is 132 g/mol. The summed E-state index contributed by atoms with van der Waals surface area (Å²) in [4.78, 5) is 3.92. The smallest absolute Gasteiger partial charge is 0.278 e. The maximum Gasteiger partial charge on any atom is 0.278 e. The molecule has 0 saturated heterocycles. The number of ether oxygens (including phenoxy) is 1. The number of hydrogen-bond acceptors (Lipinski definition) is 2. The summed E-state index contributed by atoms with van der Waals surface area (Å²) in [5, 5.41) is 0. The van der Waals surface area contributed by atoms with Gasteiger partial charge in [0.05, 0.1) is 5.69 Å². The third-order valence-electron chi connectivity index (χ3n) is 1.45. The first-order valence-corrected chi connectivity index (χ1v) is 3.12. The highest BCUT2D eigenvalue weighted by atomic mass is 16.5. The first-order chi connectivity index (χ1) is 4.97. The summed E-state index contributed by atoms with van der Waals surface area (Å²) in [5.41, 5.74) is 2.09. The standard InChI is InChI=1S/C8H6NO/c1-2-4-8-7(3-1)5-10-6-9-8/h1-4H,5H2. The van der Waals surface area contributed by atoms with Gasteiger partial charge in [-0.25, -0.2) is 4.99 Å². The molecule has 0 atom stereocenters. The molecule has 1 heterocycles. The summed E-state index contributed by atoms with van der Waals surface area (Å²) in [6.45, 7) is 0.597. The van der Waals surface area contributed by atoms with E-state index < -0.39 is 0 Å². The lowest BCUT2D eigenvalue weighted by Gasteiger charge is -2.07. The highest BCUT2D eigenvalue weighted by Gasteiger charge is 2.03. The summed E-state index contributed by atoms with van der Waals surface area (Å²) in [6.07, 6.45) is 2.47. The van der Waals surface area contributed by atoms with Crippen molar-refractivity contribution >= 4 is 12.1 Å². The Kier molecular flexibility index (Phi) is 1.17. The van der Waals surface area contributed by atoms with Gasteiger partial charge in [-0.2, -0.15) is 0 Å². The van der Waals surface area contributed by atoms with Gasteiger partial charge in [0.25, 0.3) is 6.40 Å². The molecule has 0 aromatic heterocycles. The molecule has 2 rings (SSSR count). The predicted octanol–water partition coefficient (Wildman–Crippen LogP) is 1.75. The molecule has 2 heteroatoms.